The average Bonchev–Trinajstić information content (AvgIpc) is 2.39. The summed E-state index contributed by atoms with van der Waals surface area (Å²) in [7, 11) is 0. The maximum Gasteiger partial charge on any atom is 0.0312 e. The summed E-state index contributed by atoms with van der Waals surface area (Å²) in [6.45, 7) is 11.0. The molecule has 0 saturated carbocycles. The molecule has 0 aliphatic carbocycles. The second-order valence-electron chi connectivity index (χ2n) is 4.42. The molecule has 0 bridgehead atoms. The zero-order chi connectivity index (χ0) is 12.5. The molecule has 0 saturated heterocycles. The number of likely N-dealkylation sites (N-methyl/N-ethyl adjacent to an activating group) is 1. The highest BCUT2D eigenvalue weighted by Gasteiger charge is 2.08. The summed E-state index contributed by atoms with van der Waals surface area (Å²) in [6.07, 6.45) is 4.95. The molecule has 1 aromatic heterocycles. The van der Waals surface area contributed by atoms with E-state index in [9.17, 15) is 0 Å². The van der Waals surface area contributed by atoms with E-state index in [1.165, 1.54) is 12.0 Å². The minimum absolute atomic E-state index is 0.681. The SMILES string of the molecule is CCC(C)N(CC)CCNCc1cccnc1. The van der Waals surface area contributed by atoms with Gasteiger partial charge in [-0.15, -0.1) is 0 Å². The van der Waals surface area contributed by atoms with Crippen LogP contribution in [0.15, 0.2) is 24.5 Å². The van der Waals surface area contributed by atoms with Gasteiger partial charge in [0.2, 0.25) is 0 Å². The zero-order valence-corrected chi connectivity index (χ0v) is 11.3. The summed E-state index contributed by atoms with van der Waals surface area (Å²) in [5.74, 6) is 0. The molecule has 0 fully saturated rings. The number of nitrogens with one attached hydrogen (secondary N) is 1. The molecule has 96 valence electrons. The molecule has 0 aromatic carbocycles. The molecule has 0 aliphatic heterocycles. The first kappa shape index (κ1) is 14.1. The number of rotatable bonds is 8. The molecule has 0 radical (unpaired) electrons. The normalized spacial score (nSPS) is 12.9. The molecular weight excluding hydrogens is 210 g/mol. The summed E-state index contributed by atoms with van der Waals surface area (Å²) >= 11 is 0. The minimum Gasteiger partial charge on any atom is -0.311 e. The van der Waals surface area contributed by atoms with Gasteiger partial charge in [0, 0.05) is 38.1 Å². The van der Waals surface area contributed by atoms with Crippen molar-refractivity contribution in [2.45, 2.75) is 39.8 Å². The van der Waals surface area contributed by atoms with Crippen LogP contribution >= 0.6 is 0 Å². The van der Waals surface area contributed by atoms with Gasteiger partial charge < -0.3 is 5.32 Å². The third kappa shape index (κ3) is 5.29. The van der Waals surface area contributed by atoms with Gasteiger partial charge in [0.1, 0.15) is 0 Å². The van der Waals surface area contributed by atoms with Crippen molar-refractivity contribution in [3.05, 3.63) is 30.1 Å². The maximum absolute atomic E-state index is 4.11. The van der Waals surface area contributed by atoms with Gasteiger partial charge in [-0.3, -0.25) is 9.88 Å². The van der Waals surface area contributed by atoms with E-state index in [0.29, 0.717) is 6.04 Å². The Morgan fingerprint density at radius 1 is 1.41 bits per heavy atom. The largest absolute Gasteiger partial charge is 0.311 e. The van der Waals surface area contributed by atoms with Crippen LogP contribution in [0, 0.1) is 0 Å². The summed E-state index contributed by atoms with van der Waals surface area (Å²) in [5.41, 5.74) is 1.25. The fraction of sp³-hybridized carbons (Fsp3) is 0.643. The number of aromatic nitrogens is 1. The Balaban J connectivity index is 2.19. The number of pyridine rings is 1. The van der Waals surface area contributed by atoms with Crippen LogP contribution in [0.1, 0.15) is 32.8 Å². The van der Waals surface area contributed by atoms with E-state index in [1.54, 1.807) is 0 Å². The summed E-state index contributed by atoms with van der Waals surface area (Å²) < 4.78 is 0. The Morgan fingerprint density at radius 3 is 2.82 bits per heavy atom. The number of hydrogen-bond acceptors (Lipinski definition) is 3. The van der Waals surface area contributed by atoms with Crippen LogP contribution in [0.4, 0.5) is 0 Å². The van der Waals surface area contributed by atoms with Crippen molar-refractivity contribution in [3.8, 4) is 0 Å². The summed E-state index contributed by atoms with van der Waals surface area (Å²) in [5, 5.41) is 3.46. The molecule has 0 amide bonds. The molecule has 1 heterocycles. The van der Waals surface area contributed by atoms with E-state index in [0.717, 1.165) is 26.2 Å². The quantitative estimate of drug-likeness (QED) is 0.701. The predicted molar refractivity (Wildman–Crippen MR) is 72.9 cm³/mol. The average molecular weight is 235 g/mol. The van der Waals surface area contributed by atoms with E-state index >= 15 is 0 Å². The molecule has 3 nitrogen and oxygen atoms in total. The van der Waals surface area contributed by atoms with Crippen LogP contribution in [0.5, 0.6) is 0 Å². The van der Waals surface area contributed by atoms with Crippen LogP contribution in [0.2, 0.25) is 0 Å². The maximum atomic E-state index is 4.11. The van der Waals surface area contributed by atoms with Gasteiger partial charge in [-0.25, -0.2) is 0 Å². The molecule has 0 spiro atoms. The van der Waals surface area contributed by atoms with E-state index in [-0.39, 0.29) is 0 Å². The van der Waals surface area contributed by atoms with Gasteiger partial charge in [0.25, 0.3) is 0 Å². The Kier molecular flexibility index (Phi) is 6.82. The van der Waals surface area contributed by atoms with Gasteiger partial charge in [-0.05, 0) is 31.5 Å². The second kappa shape index (κ2) is 8.20. The van der Waals surface area contributed by atoms with Crippen molar-refractivity contribution < 1.29 is 0 Å². The Morgan fingerprint density at radius 2 is 2.24 bits per heavy atom. The zero-order valence-electron chi connectivity index (χ0n) is 11.3. The minimum atomic E-state index is 0.681. The molecule has 1 rings (SSSR count). The smallest absolute Gasteiger partial charge is 0.0312 e. The van der Waals surface area contributed by atoms with Crippen LogP contribution < -0.4 is 5.32 Å². The summed E-state index contributed by atoms with van der Waals surface area (Å²) in [4.78, 5) is 6.62. The molecular formula is C14H25N3. The standard InChI is InChI=1S/C14H25N3/c1-4-13(3)17(5-2)10-9-16-12-14-7-6-8-15-11-14/h6-8,11,13,16H,4-5,9-10,12H2,1-3H3. The molecule has 1 atom stereocenters. The van der Waals surface area contributed by atoms with Crippen molar-refractivity contribution in [1.82, 2.24) is 15.2 Å². The lowest BCUT2D eigenvalue weighted by atomic mass is 10.2. The first-order valence-corrected chi connectivity index (χ1v) is 6.61. The van der Waals surface area contributed by atoms with E-state index in [4.69, 9.17) is 0 Å². The lowest BCUT2D eigenvalue weighted by Crippen LogP contribution is -2.37. The van der Waals surface area contributed by atoms with Crippen LogP contribution in [0.25, 0.3) is 0 Å². The van der Waals surface area contributed by atoms with Gasteiger partial charge in [-0.2, -0.15) is 0 Å². The fourth-order valence-electron chi connectivity index (χ4n) is 1.91. The highest BCUT2D eigenvalue weighted by atomic mass is 15.2. The third-order valence-corrected chi connectivity index (χ3v) is 3.25. The van der Waals surface area contributed by atoms with Gasteiger partial charge >= 0.3 is 0 Å². The third-order valence-electron chi connectivity index (χ3n) is 3.25. The van der Waals surface area contributed by atoms with Gasteiger partial charge in [-0.1, -0.05) is 19.9 Å². The van der Waals surface area contributed by atoms with Gasteiger partial charge in [0.05, 0.1) is 0 Å². The van der Waals surface area contributed by atoms with Crippen LogP contribution in [0.3, 0.4) is 0 Å². The Hall–Kier alpha value is -0.930. The van der Waals surface area contributed by atoms with Gasteiger partial charge in [0.15, 0.2) is 0 Å². The van der Waals surface area contributed by atoms with Crippen molar-refractivity contribution in [2.75, 3.05) is 19.6 Å². The predicted octanol–water partition coefficient (Wildman–Crippen LogP) is 2.29. The van der Waals surface area contributed by atoms with E-state index in [1.807, 2.05) is 18.5 Å². The first-order valence-electron chi connectivity index (χ1n) is 6.61. The van der Waals surface area contributed by atoms with Crippen molar-refractivity contribution in [1.29, 1.82) is 0 Å². The van der Waals surface area contributed by atoms with Crippen LogP contribution in [-0.2, 0) is 6.54 Å². The van der Waals surface area contributed by atoms with E-state index in [2.05, 4.69) is 42.0 Å². The van der Waals surface area contributed by atoms with Crippen molar-refractivity contribution in [2.24, 2.45) is 0 Å². The fourth-order valence-corrected chi connectivity index (χ4v) is 1.91. The highest BCUT2D eigenvalue weighted by molar-refractivity contribution is 5.07. The molecule has 1 N–H and O–H groups in total. The molecule has 1 aromatic rings. The monoisotopic (exact) mass is 235 g/mol. The van der Waals surface area contributed by atoms with Crippen molar-refractivity contribution >= 4 is 0 Å². The Labute approximate surface area is 105 Å². The lowest BCUT2D eigenvalue weighted by molar-refractivity contribution is 0.215. The molecule has 1 unspecified atom stereocenters. The topological polar surface area (TPSA) is 28.2 Å². The molecule has 3 heteroatoms. The number of hydrogen-bond donors (Lipinski definition) is 1. The highest BCUT2D eigenvalue weighted by Crippen LogP contribution is 2.01. The molecule has 0 aliphatic rings. The number of nitrogens with zero attached hydrogens (tertiary/aromatic N) is 2. The molecule has 17 heavy (non-hydrogen) atoms. The Bertz CT molecular complexity index is 287. The lowest BCUT2D eigenvalue weighted by Gasteiger charge is -2.26. The first-order chi connectivity index (χ1) is 8.27. The summed E-state index contributed by atoms with van der Waals surface area (Å²) in [6, 6.07) is 4.76. The van der Waals surface area contributed by atoms with E-state index < -0.39 is 0 Å². The van der Waals surface area contributed by atoms with Crippen molar-refractivity contribution in [3.63, 3.8) is 0 Å². The second-order valence-corrected chi connectivity index (χ2v) is 4.42. The van der Waals surface area contributed by atoms with Crippen LogP contribution in [-0.4, -0.2) is 35.6 Å².